The third-order valence-corrected chi connectivity index (χ3v) is 8.19. The molecule has 5 rings (SSSR count). The fourth-order valence-electron chi connectivity index (χ4n) is 5.41. The molecule has 3 atom stereocenters. The second-order valence-corrected chi connectivity index (χ2v) is 11.2. The van der Waals surface area contributed by atoms with E-state index >= 15 is 0 Å². The Morgan fingerprint density at radius 3 is 2.07 bits per heavy atom. The highest BCUT2D eigenvalue weighted by atomic mass is 79.9. The summed E-state index contributed by atoms with van der Waals surface area (Å²) >= 11 is 6.86. The lowest BCUT2D eigenvalue weighted by Crippen LogP contribution is -2.59. The molecule has 0 radical (unpaired) electrons. The van der Waals surface area contributed by atoms with Crippen LogP contribution in [0.5, 0.6) is 17.2 Å². The number of carbonyl (C=O) groups excluding carboxylic acids is 4. The topological polar surface area (TPSA) is 126 Å². The van der Waals surface area contributed by atoms with Gasteiger partial charge in [-0.15, -0.1) is 0 Å². The van der Waals surface area contributed by atoms with Gasteiger partial charge in [-0.2, -0.15) is 0 Å². The number of hydrogen-bond donors (Lipinski definition) is 1. The molecule has 2 aliphatic heterocycles. The minimum Gasteiger partial charge on any atom is -0.497 e. The van der Waals surface area contributed by atoms with E-state index in [0.29, 0.717) is 25.8 Å². The van der Waals surface area contributed by atoms with Crippen LogP contribution in [0.3, 0.4) is 0 Å². The molecule has 0 aromatic heterocycles. The first kappa shape index (κ1) is 28.8. The summed E-state index contributed by atoms with van der Waals surface area (Å²) in [5, 5.41) is 3.06. The van der Waals surface area contributed by atoms with Gasteiger partial charge in [0, 0.05) is 26.0 Å². The number of methoxy groups -OCH3 is 3. The van der Waals surface area contributed by atoms with Gasteiger partial charge in [0.1, 0.15) is 17.2 Å². The number of carbonyl (C=O) groups is 4. The average molecular weight is 689 g/mol. The molecule has 0 bridgehead atoms. The van der Waals surface area contributed by atoms with Gasteiger partial charge in [-0.1, -0.05) is 31.9 Å². The Kier molecular flexibility index (Phi) is 7.91. The number of benzene rings is 3. The summed E-state index contributed by atoms with van der Waals surface area (Å²) in [6.07, 6.45) is 0. The van der Waals surface area contributed by atoms with Crippen LogP contribution in [0.1, 0.15) is 33.4 Å². The highest BCUT2D eigenvalue weighted by Gasteiger charge is 2.69. The Balaban J connectivity index is 1.66. The first-order valence-electron chi connectivity index (χ1n) is 12.3. The van der Waals surface area contributed by atoms with Crippen molar-refractivity contribution in [2.24, 2.45) is 5.92 Å². The van der Waals surface area contributed by atoms with Crippen LogP contribution in [0.4, 0.5) is 0 Å². The van der Waals surface area contributed by atoms with Gasteiger partial charge in [0.25, 0.3) is 0 Å². The zero-order valence-electron chi connectivity index (χ0n) is 21.9. The van der Waals surface area contributed by atoms with Crippen molar-refractivity contribution >= 4 is 55.7 Å². The maximum Gasteiger partial charge on any atom is 0.343 e. The van der Waals surface area contributed by atoms with E-state index in [0.717, 1.165) is 14.2 Å². The van der Waals surface area contributed by atoms with Gasteiger partial charge in [0.15, 0.2) is 0 Å². The highest BCUT2D eigenvalue weighted by Crippen LogP contribution is 2.56. The fourth-order valence-corrected chi connectivity index (χ4v) is 6.16. The van der Waals surface area contributed by atoms with Gasteiger partial charge in [-0.3, -0.25) is 10.1 Å². The molecule has 1 saturated heterocycles. The molecule has 1 N–H and O–H groups in total. The molecule has 2 heterocycles. The third kappa shape index (κ3) is 4.89. The molecule has 0 spiro atoms. The van der Waals surface area contributed by atoms with Crippen molar-refractivity contribution in [1.82, 2.24) is 5.32 Å². The summed E-state index contributed by atoms with van der Waals surface area (Å²) in [6, 6.07) is 15.1. The van der Waals surface area contributed by atoms with Crippen molar-refractivity contribution in [3.8, 4) is 17.2 Å². The molecule has 0 saturated carbocycles. The van der Waals surface area contributed by atoms with Gasteiger partial charge in [-0.25, -0.2) is 14.4 Å². The van der Waals surface area contributed by atoms with Crippen LogP contribution >= 0.6 is 31.9 Å². The van der Waals surface area contributed by atoms with E-state index < -0.39 is 47.3 Å². The van der Waals surface area contributed by atoms with Crippen molar-refractivity contribution in [1.29, 1.82) is 0 Å². The van der Waals surface area contributed by atoms with Crippen molar-refractivity contribution < 1.29 is 42.9 Å². The Hall–Kier alpha value is -3.74. The Morgan fingerprint density at radius 1 is 0.854 bits per heavy atom. The molecule has 12 heteroatoms. The third-order valence-electron chi connectivity index (χ3n) is 7.21. The molecular formula is C29H23Br2NO9. The maximum absolute atomic E-state index is 13.6. The van der Waals surface area contributed by atoms with E-state index in [1.165, 1.54) is 7.11 Å². The van der Waals surface area contributed by atoms with E-state index in [1.807, 2.05) is 0 Å². The van der Waals surface area contributed by atoms with E-state index in [2.05, 4.69) is 37.2 Å². The summed E-state index contributed by atoms with van der Waals surface area (Å²) in [5.41, 5.74) is -1.14. The summed E-state index contributed by atoms with van der Waals surface area (Å²) in [6.45, 7) is 0. The van der Waals surface area contributed by atoms with Gasteiger partial charge < -0.3 is 23.7 Å². The number of rotatable bonds is 6. The molecule has 0 amide bonds. The molecule has 2 aliphatic rings. The number of fused-ring (bicyclic) bond motifs is 3. The number of esters is 4. The predicted octanol–water partition coefficient (Wildman–Crippen LogP) is 4.49. The number of ether oxygens (including phenoxy) is 5. The molecule has 212 valence electrons. The average Bonchev–Trinajstić information content (AvgIpc) is 3.35. The van der Waals surface area contributed by atoms with Gasteiger partial charge >= 0.3 is 23.9 Å². The van der Waals surface area contributed by atoms with Crippen LogP contribution in [-0.4, -0.2) is 50.7 Å². The summed E-state index contributed by atoms with van der Waals surface area (Å²) in [4.78, 5) is 53.7. The monoisotopic (exact) mass is 687 g/mol. The lowest BCUT2D eigenvalue weighted by Gasteiger charge is -2.34. The molecule has 10 nitrogen and oxygen atoms in total. The van der Waals surface area contributed by atoms with Crippen molar-refractivity contribution in [3.05, 3.63) is 86.3 Å². The second-order valence-electron chi connectivity index (χ2n) is 9.32. The number of hydrogen-bond acceptors (Lipinski definition) is 10. The standard InChI is InChI=1S/C29H23Br2NO9/c1-37-17-8-4-14(5-9-17)25(33)40-21-11-7-16(31)13-19(21)24-22-23(29(32-24,27(35)38-2)28(36)39-3)18-12-15(30)6-10-20(18)41-26(22)34/h4-13,22-24,32H,1-3H3/t22-,23+,24+/m1/s1. The minimum absolute atomic E-state index is 0.101. The van der Waals surface area contributed by atoms with Crippen molar-refractivity contribution in [3.63, 3.8) is 0 Å². The number of nitrogens with one attached hydrogen (secondary N) is 1. The summed E-state index contributed by atoms with van der Waals surface area (Å²) in [5.74, 6) is -4.61. The molecule has 3 aromatic rings. The predicted molar refractivity (Wildman–Crippen MR) is 151 cm³/mol. The molecule has 0 unspecified atom stereocenters. The van der Waals surface area contributed by atoms with Gasteiger partial charge in [-0.05, 0) is 60.7 Å². The van der Waals surface area contributed by atoms with Gasteiger partial charge in [0.2, 0.25) is 5.54 Å². The summed E-state index contributed by atoms with van der Waals surface area (Å²) < 4.78 is 28.0. The molecule has 1 fully saturated rings. The van der Waals surface area contributed by atoms with E-state index in [9.17, 15) is 19.2 Å². The molecular weight excluding hydrogens is 666 g/mol. The van der Waals surface area contributed by atoms with Gasteiger partial charge in [0.05, 0.1) is 38.9 Å². The first-order chi connectivity index (χ1) is 19.6. The minimum atomic E-state index is -2.13. The van der Waals surface area contributed by atoms with Crippen LogP contribution in [0.15, 0.2) is 69.6 Å². The van der Waals surface area contributed by atoms with E-state index in [-0.39, 0.29) is 17.1 Å². The van der Waals surface area contributed by atoms with Crippen molar-refractivity contribution in [2.45, 2.75) is 17.5 Å². The molecule has 3 aromatic carbocycles. The van der Waals surface area contributed by atoms with E-state index in [1.54, 1.807) is 60.7 Å². The Labute approximate surface area is 251 Å². The van der Waals surface area contributed by atoms with Crippen LogP contribution in [0.25, 0.3) is 0 Å². The smallest absolute Gasteiger partial charge is 0.343 e. The van der Waals surface area contributed by atoms with Crippen molar-refractivity contribution in [2.75, 3.05) is 21.3 Å². The fraction of sp³-hybridized carbons (Fsp3) is 0.241. The largest absolute Gasteiger partial charge is 0.497 e. The Bertz CT molecular complexity index is 1540. The zero-order chi connectivity index (χ0) is 29.5. The maximum atomic E-state index is 13.6. The lowest BCUT2D eigenvalue weighted by molar-refractivity contribution is -0.164. The lowest BCUT2D eigenvalue weighted by atomic mass is 9.72. The quantitative estimate of drug-likeness (QED) is 0.225. The van der Waals surface area contributed by atoms with Crippen LogP contribution in [0.2, 0.25) is 0 Å². The highest BCUT2D eigenvalue weighted by molar-refractivity contribution is 9.10. The van der Waals surface area contributed by atoms with Crippen LogP contribution < -0.4 is 19.5 Å². The summed E-state index contributed by atoms with van der Waals surface area (Å²) in [7, 11) is 3.79. The molecule has 0 aliphatic carbocycles. The SMILES string of the molecule is COC(=O)C1(C(=O)OC)N[C@@H](c2cc(Br)ccc2OC(=O)c2ccc(OC)cc2)[C@@H]2C(=O)Oc3ccc(Br)cc3[C@@H]21. The molecule has 41 heavy (non-hydrogen) atoms. The Morgan fingerprint density at radius 2 is 1.46 bits per heavy atom. The first-order valence-corrected chi connectivity index (χ1v) is 13.8. The normalized spacial score (nSPS) is 20.2. The van der Waals surface area contributed by atoms with Crippen LogP contribution in [-0.2, 0) is 23.9 Å². The van der Waals surface area contributed by atoms with Crippen LogP contribution in [0, 0.1) is 5.92 Å². The second kappa shape index (κ2) is 11.3. The van der Waals surface area contributed by atoms with E-state index in [4.69, 9.17) is 23.7 Å². The zero-order valence-corrected chi connectivity index (χ0v) is 25.1. The number of halogens is 2.